The van der Waals surface area contributed by atoms with Gasteiger partial charge in [0.15, 0.2) is 5.96 Å². The highest BCUT2D eigenvalue weighted by Crippen LogP contribution is 2.22. The molecule has 0 bridgehead atoms. The number of nitrogens with zero attached hydrogens (tertiary/aromatic N) is 2. The summed E-state index contributed by atoms with van der Waals surface area (Å²) in [6, 6.07) is 0. The molecule has 0 saturated carbocycles. The molecule has 0 fully saturated rings. The highest BCUT2D eigenvalue weighted by molar-refractivity contribution is 7.98. The second-order valence-corrected chi connectivity index (χ2v) is 5.82. The summed E-state index contributed by atoms with van der Waals surface area (Å²) in [7, 11) is 0. The maximum absolute atomic E-state index is 11.3. The zero-order valence-electron chi connectivity index (χ0n) is 10.6. The molecule has 1 rings (SSSR count). The third-order valence-electron chi connectivity index (χ3n) is 1.99. The van der Waals surface area contributed by atoms with Crippen LogP contribution in [0.1, 0.15) is 25.5 Å². The molecule has 8 heteroatoms. The van der Waals surface area contributed by atoms with Gasteiger partial charge in [-0.25, -0.2) is 4.98 Å². The van der Waals surface area contributed by atoms with Crippen molar-refractivity contribution in [2.45, 2.75) is 25.5 Å². The Balaban J connectivity index is 2.26. The van der Waals surface area contributed by atoms with Gasteiger partial charge in [-0.15, -0.1) is 11.3 Å². The van der Waals surface area contributed by atoms with E-state index < -0.39 is 0 Å². The summed E-state index contributed by atoms with van der Waals surface area (Å²) >= 11 is 2.96. The molecule has 0 unspecified atom stereocenters. The minimum absolute atomic E-state index is 0.0108. The van der Waals surface area contributed by atoms with E-state index in [1.807, 2.05) is 5.38 Å². The number of rotatable bonds is 8. The first-order valence-electron chi connectivity index (χ1n) is 5.60. The largest absolute Gasteiger partial charge is 0.370 e. The van der Waals surface area contributed by atoms with Gasteiger partial charge >= 0.3 is 0 Å². The predicted octanol–water partition coefficient (Wildman–Crippen LogP) is 1.22. The van der Waals surface area contributed by atoms with Crippen molar-refractivity contribution in [1.82, 2.24) is 4.98 Å². The summed E-state index contributed by atoms with van der Waals surface area (Å²) in [6.45, 7) is 1.42. The smallest absolute Gasteiger partial charge is 0.212 e. The van der Waals surface area contributed by atoms with E-state index in [2.05, 4.69) is 9.98 Å². The second-order valence-electron chi connectivity index (χ2n) is 3.88. The standard InChI is InChI=1S/C11H16N4O2S2/c1-7(16)4-9(17)2-3-18-5-8-6-19-11(14-8)15-10(12)13/h6H,2-5H2,1H3,(H4,12,13,14,15). The predicted molar refractivity (Wildman–Crippen MR) is 78.7 cm³/mol. The van der Waals surface area contributed by atoms with Crippen molar-refractivity contribution in [2.24, 2.45) is 16.5 Å². The van der Waals surface area contributed by atoms with E-state index in [0.29, 0.717) is 23.1 Å². The Hall–Kier alpha value is -1.41. The van der Waals surface area contributed by atoms with Crippen LogP contribution in [0.2, 0.25) is 0 Å². The second kappa shape index (κ2) is 7.90. The molecule has 0 amide bonds. The molecule has 0 saturated heterocycles. The first-order chi connectivity index (χ1) is 8.97. The molecule has 0 aliphatic carbocycles. The van der Waals surface area contributed by atoms with Crippen LogP contribution in [0.25, 0.3) is 0 Å². The molecule has 104 valence electrons. The van der Waals surface area contributed by atoms with E-state index in [1.54, 1.807) is 11.8 Å². The molecular formula is C11H16N4O2S2. The van der Waals surface area contributed by atoms with Gasteiger partial charge < -0.3 is 11.5 Å². The summed E-state index contributed by atoms with van der Waals surface area (Å²) < 4.78 is 0. The molecule has 1 heterocycles. The molecule has 0 aliphatic rings. The number of carbonyl (C=O) groups is 2. The van der Waals surface area contributed by atoms with Gasteiger partial charge in [-0.3, -0.25) is 9.59 Å². The summed E-state index contributed by atoms with van der Waals surface area (Å²) in [5.74, 6) is 1.27. The average Bonchev–Trinajstić information content (AvgIpc) is 2.70. The van der Waals surface area contributed by atoms with E-state index in [9.17, 15) is 9.59 Å². The molecule has 4 N–H and O–H groups in total. The fourth-order valence-electron chi connectivity index (χ4n) is 1.25. The molecule has 0 spiro atoms. The number of ketones is 2. The van der Waals surface area contributed by atoms with Crippen LogP contribution in [0.15, 0.2) is 10.4 Å². The number of thioether (sulfide) groups is 1. The molecule has 0 atom stereocenters. The van der Waals surface area contributed by atoms with Crippen molar-refractivity contribution in [2.75, 3.05) is 5.75 Å². The lowest BCUT2D eigenvalue weighted by Crippen LogP contribution is -2.21. The first-order valence-corrected chi connectivity index (χ1v) is 7.63. The molecule has 1 aromatic rings. The molecule has 0 radical (unpaired) electrons. The highest BCUT2D eigenvalue weighted by atomic mass is 32.2. The van der Waals surface area contributed by atoms with Crippen LogP contribution in [-0.2, 0) is 15.3 Å². The number of guanidine groups is 1. The van der Waals surface area contributed by atoms with Crippen molar-refractivity contribution in [3.05, 3.63) is 11.1 Å². The van der Waals surface area contributed by atoms with Gasteiger partial charge in [0, 0.05) is 23.3 Å². The van der Waals surface area contributed by atoms with Crippen LogP contribution < -0.4 is 11.5 Å². The number of Topliss-reactive ketones (excluding diaryl/α,β-unsaturated/α-hetero) is 2. The molecular weight excluding hydrogens is 284 g/mol. The number of hydrogen-bond acceptors (Lipinski definition) is 6. The number of hydrogen-bond donors (Lipinski definition) is 2. The number of carbonyl (C=O) groups excluding carboxylic acids is 2. The van der Waals surface area contributed by atoms with Crippen molar-refractivity contribution in [3.8, 4) is 0 Å². The Morgan fingerprint density at radius 3 is 2.84 bits per heavy atom. The van der Waals surface area contributed by atoms with Crippen molar-refractivity contribution >= 4 is 45.8 Å². The van der Waals surface area contributed by atoms with E-state index in [0.717, 1.165) is 5.69 Å². The van der Waals surface area contributed by atoms with Crippen LogP contribution >= 0.6 is 23.1 Å². The summed E-state index contributed by atoms with van der Waals surface area (Å²) in [6.07, 6.45) is 0.445. The van der Waals surface area contributed by atoms with E-state index >= 15 is 0 Å². The Morgan fingerprint density at radius 2 is 2.21 bits per heavy atom. The van der Waals surface area contributed by atoms with E-state index in [-0.39, 0.29) is 23.9 Å². The van der Waals surface area contributed by atoms with Gasteiger partial charge in [0.05, 0.1) is 12.1 Å². The highest BCUT2D eigenvalue weighted by Gasteiger charge is 2.06. The van der Waals surface area contributed by atoms with Crippen LogP contribution in [0.3, 0.4) is 0 Å². The zero-order chi connectivity index (χ0) is 14.3. The number of aliphatic imine (C=N–C) groups is 1. The Kier molecular flexibility index (Phi) is 6.51. The summed E-state index contributed by atoms with van der Waals surface area (Å²) in [4.78, 5) is 30.1. The molecule has 0 aliphatic heterocycles. The fraction of sp³-hybridized carbons (Fsp3) is 0.455. The van der Waals surface area contributed by atoms with Gasteiger partial charge in [0.1, 0.15) is 11.6 Å². The van der Waals surface area contributed by atoms with Crippen LogP contribution in [-0.4, -0.2) is 28.3 Å². The number of thiazole rings is 1. The number of nitrogens with two attached hydrogens (primary N) is 2. The lowest BCUT2D eigenvalue weighted by molar-refractivity contribution is -0.125. The van der Waals surface area contributed by atoms with Crippen molar-refractivity contribution in [1.29, 1.82) is 0 Å². The average molecular weight is 300 g/mol. The Labute approximate surface area is 119 Å². The minimum Gasteiger partial charge on any atom is -0.370 e. The van der Waals surface area contributed by atoms with Gasteiger partial charge in [0.25, 0.3) is 0 Å². The first kappa shape index (κ1) is 15.6. The zero-order valence-corrected chi connectivity index (χ0v) is 12.2. The summed E-state index contributed by atoms with van der Waals surface area (Å²) in [5, 5.41) is 2.41. The van der Waals surface area contributed by atoms with E-state index in [4.69, 9.17) is 11.5 Å². The van der Waals surface area contributed by atoms with Gasteiger partial charge in [0.2, 0.25) is 5.13 Å². The van der Waals surface area contributed by atoms with Crippen molar-refractivity contribution < 1.29 is 9.59 Å². The molecule has 19 heavy (non-hydrogen) atoms. The minimum atomic E-state index is -0.0867. The SMILES string of the molecule is CC(=O)CC(=O)CCSCc1csc(N=C(N)N)n1. The number of aromatic nitrogens is 1. The Morgan fingerprint density at radius 1 is 1.47 bits per heavy atom. The van der Waals surface area contributed by atoms with Gasteiger partial charge in [-0.05, 0) is 6.92 Å². The maximum Gasteiger partial charge on any atom is 0.212 e. The molecule has 6 nitrogen and oxygen atoms in total. The maximum atomic E-state index is 11.3. The monoisotopic (exact) mass is 300 g/mol. The van der Waals surface area contributed by atoms with Crippen LogP contribution in [0.5, 0.6) is 0 Å². The lowest BCUT2D eigenvalue weighted by atomic mass is 10.2. The fourth-order valence-corrected chi connectivity index (χ4v) is 2.94. The van der Waals surface area contributed by atoms with Crippen LogP contribution in [0.4, 0.5) is 5.13 Å². The van der Waals surface area contributed by atoms with Gasteiger partial charge in [-0.1, -0.05) is 0 Å². The topological polar surface area (TPSA) is 111 Å². The molecule has 0 aromatic carbocycles. The third kappa shape index (κ3) is 6.92. The third-order valence-corrected chi connectivity index (χ3v) is 3.76. The summed E-state index contributed by atoms with van der Waals surface area (Å²) in [5.41, 5.74) is 11.4. The van der Waals surface area contributed by atoms with Crippen molar-refractivity contribution in [3.63, 3.8) is 0 Å². The Bertz CT molecular complexity index is 481. The van der Waals surface area contributed by atoms with Gasteiger partial charge in [-0.2, -0.15) is 16.8 Å². The van der Waals surface area contributed by atoms with E-state index in [1.165, 1.54) is 18.3 Å². The van der Waals surface area contributed by atoms with Crippen LogP contribution in [0, 0.1) is 0 Å². The lowest BCUT2D eigenvalue weighted by Gasteiger charge is -1.98. The molecule has 1 aromatic heterocycles. The normalized spacial score (nSPS) is 10.2. The quantitative estimate of drug-likeness (QED) is 0.323.